The Labute approximate surface area is 284 Å². The Morgan fingerprint density at radius 3 is 1.69 bits per heavy atom. The smallest absolute Gasteiger partial charge is 0.0900 e. The van der Waals surface area contributed by atoms with Crippen LogP contribution in [0.2, 0.25) is 0 Å². The largest absolute Gasteiger partial charge is 0.309 e. The van der Waals surface area contributed by atoms with Crippen LogP contribution in [0.5, 0.6) is 0 Å². The zero-order chi connectivity index (χ0) is 32.6. The molecule has 4 heteroatoms. The van der Waals surface area contributed by atoms with Crippen LogP contribution in [0.1, 0.15) is 0 Å². The fraction of sp³-hybridized carbons (Fsp3) is 0. The summed E-state index contributed by atoms with van der Waals surface area (Å²) in [4.78, 5) is 14.7. The summed E-state index contributed by atoms with van der Waals surface area (Å²) < 4.78 is 2.31. The summed E-state index contributed by atoms with van der Waals surface area (Å²) in [5.74, 6) is 0. The molecule has 0 saturated heterocycles. The van der Waals surface area contributed by atoms with Gasteiger partial charge in [-0.25, -0.2) is 9.97 Å². The minimum atomic E-state index is 0.840. The van der Waals surface area contributed by atoms with Crippen molar-refractivity contribution in [2.24, 2.45) is 0 Å². The first kappa shape index (κ1) is 28.6. The predicted molar refractivity (Wildman–Crippen MR) is 201 cm³/mol. The standard InChI is InChI=1S/C45H30N4/c1-4-11-31(12-5-1)36-28-42(48-43(29-36)41-18-10-17-40(47-41)33-13-6-2-7-14-33)34-21-19-32(20-22-34)35-23-24-44-38(27-35)39-30-46-26-25-45(39)49(44)37-15-8-3-9-16-37/h1-30H. The molecule has 0 radical (unpaired) electrons. The minimum Gasteiger partial charge on any atom is -0.309 e. The Morgan fingerprint density at radius 1 is 0.347 bits per heavy atom. The van der Waals surface area contributed by atoms with Crippen molar-refractivity contribution < 1.29 is 0 Å². The van der Waals surface area contributed by atoms with Gasteiger partial charge in [0.1, 0.15) is 0 Å². The number of para-hydroxylation sites is 1. The van der Waals surface area contributed by atoms with E-state index in [1.807, 2.05) is 48.8 Å². The average Bonchev–Trinajstić information content (AvgIpc) is 3.52. The molecule has 4 aromatic heterocycles. The van der Waals surface area contributed by atoms with Gasteiger partial charge in [-0.3, -0.25) is 4.98 Å². The number of rotatable bonds is 6. The second-order valence-corrected chi connectivity index (χ2v) is 12.1. The quantitative estimate of drug-likeness (QED) is 0.184. The number of nitrogens with zero attached hydrogens (tertiary/aromatic N) is 4. The molecule has 9 rings (SSSR count). The highest BCUT2D eigenvalue weighted by molar-refractivity contribution is 6.10. The highest BCUT2D eigenvalue weighted by Gasteiger charge is 2.15. The topological polar surface area (TPSA) is 43.6 Å². The van der Waals surface area contributed by atoms with Crippen molar-refractivity contribution in [1.29, 1.82) is 0 Å². The maximum absolute atomic E-state index is 5.17. The normalized spacial score (nSPS) is 11.3. The molecule has 0 saturated carbocycles. The molecular formula is C45H30N4. The third-order valence-electron chi connectivity index (χ3n) is 9.11. The van der Waals surface area contributed by atoms with Gasteiger partial charge in [0.25, 0.3) is 0 Å². The van der Waals surface area contributed by atoms with E-state index < -0.39 is 0 Å². The lowest BCUT2D eigenvalue weighted by atomic mass is 9.98. The van der Waals surface area contributed by atoms with E-state index in [0.29, 0.717) is 0 Å². The summed E-state index contributed by atoms with van der Waals surface area (Å²) in [5, 5.41) is 2.32. The Morgan fingerprint density at radius 2 is 0.918 bits per heavy atom. The van der Waals surface area contributed by atoms with Gasteiger partial charge in [-0.15, -0.1) is 0 Å². The molecule has 0 N–H and O–H groups in total. The van der Waals surface area contributed by atoms with Crippen molar-refractivity contribution in [3.05, 3.63) is 182 Å². The van der Waals surface area contributed by atoms with Crippen LogP contribution in [0.4, 0.5) is 0 Å². The first-order valence-corrected chi connectivity index (χ1v) is 16.4. The van der Waals surface area contributed by atoms with Crippen molar-refractivity contribution in [2.75, 3.05) is 0 Å². The van der Waals surface area contributed by atoms with E-state index in [0.717, 1.165) is 78.3 Å². The second-order valence-electron chi connectivity index (χ2n) is 12.1. The van der Waals surface area contributed by atoms with Crippen molar-refractivity contribution >= 4 is 21.8 Å². The molecule has 4 heterocycles. The van der Waals surface area contributed by atoms with Crippen LogP contribution in [0.3, 0.4) is 0 Å². The number of pyridine rings is 3. The van der Waals surface area contributed by atoms with Crippen LogP contribution in [0, 0.1) is 0 Å². The number of fused-ring (bicyclic) bond motifs is 3. The summed E-state index contributed by atoms with van der Waals surface area (Å²) in [7, 11) is 0. The molecule has 4 nitrogen and oxygen atoms in total. The van der Waals surface area contributed by atoms with Crippen LogP contribution >= 0.6 is 0 Å². The Balaban J connectivity index is 1.12. The van der Waals surface area contributed by atoms with Gasteiger partial charge in [0.2, 0.25) is 0 Å². The van der Waals surface area contributed by atoms with Crippen LogP contribution in [0.25, 0.3) is 83.6 Å². The van der Waals surface area contributed by atoms with E-state index in [-0.39, 0.29) is 0 Å². The average molecular weight is 627 g/mol. The summed E-state index contributed by atoms with van der Waals surface area (Å²) in [5.41, 5.74) is 13.6. The molecule has 0 spiro atoms. The van der Waals surface area contributed by atoms with Gasteiger partial charge in [0.15, 0.2) is 0 Å². The van der Waals surface area contributed by atoms with Crippen LogP contribution in [-0.2, 0) is 0 Å². The molecule has 0 unspecified atom stereocenters. The van der Waals surface area contributed by atoms with Gasteiger partial charge >= 0.3 is 0 Å². The molecular weight excluding hydrogens is 597 g/mol. The van der Waals surface area contributed by atoms with Crippen molar-refractivity contribution in [3.63, 3.8) is 0 Å². The summed E-state index contributed by atoms with van der Waals surface area (Å²) in [6.07, 6.45) is 3.83. The molecule has 0 amide bonds. The summed E-state index contributed by atoms with van der Waals surface area (Å²) >= 11 is 0. The van der Waals surface area contributed by atoms with Crippen molar-refractivity contribution in [2.45, 2.75) is 0 Å². The molecule has 9 aromatic rings. The third-order valence-corrected chi connectivity index (χ3v) is 9.11. The van der Waals surface area contributed by atoms with Gasteiger partial charge in [-0.2, -0.15) is 0 Å². The summed E-state index contributed by atoms with van der Waals surface area (Å²) in [6, 6.07) is 59.2. The number of hydrogen-bond acceptors (Lipinski definition) is 3. The molecule has 0 atom stereocenters. The zero-order valence-electron chi connectivity index (χ0n) is 26.6. The molecule has 0 aliphatic rings. The van der Waals surface area contributed by atoms with E-state index in [9.17, 15) is 0 Å². The monoisotopic (exact) mass is 626 g/mol. The Bertz CT molecular complexity index is 2570. The lowest BCUT2D eigenvalue weighted by molar-refractivity contribution is 1.17. The van der Waals surface area contributed by atoms with Gasteiger partial charge in [0, 0.05) is 40.0 Å². The highest BCUT2D eigenvalue weighted by Crippen LogP contribution is 2.36. The lowest BCUT2D eigenvalue weighted by Gasteiger charge is -2.12. The Kier molecular flexibility index (Phi) is 7.10. The van der Waals surface area contributed by atoms with Crippen LogP contribution < -0.4 is 0 Å². The van der Waals surface area contributed by atoms with E-state index in [2.05, 4.69) is 143 Å². The van der Waals surface area contributed by atoms with E-state index in [1.54, 1.807) is 0 Å². The predicted octanol–water partition coefficient (Wildman–Crippen LogP) is 11.3. The molecule has 0 bridgehead atoms. The van der Waals surface area contributed by atoms with Gasteiger partial charge in [0.05, 0.1) is 33.8 Å². The van der Waals surface area contributed by atoms with Crippen LogP contribution in [-0.4, -0.2) is 19.5 Å². The molecule has 0 fully saturated rings. The number of aromatic nitrogens is 4. The van der Waals surface area contributed by atoms with E-state index >= 15 is 0 Å². The fourth-order valence-electron chi connectivity index (χ4n) is 6.69. The number of benzene rings is 5. The summed E-state index contributed by atoms with van der Waals surface area (Å²) in [6.45, 7) is 0. The highest BCUT2D eigenvalue weighted by atomic mass is 15.0. The second kappa shape index (κ2) is 12.2. The first-order valence-electron chi connectivity index (χ1n) is 16.4. The maximum atomic E-state index is 5.17. The molecule has 0 aliphatic carbocycles. The van der Waals surface area contributed by atoms with Gasteiger partial charge < -0.3 is 4.57 Å². The fourth-order valence-corrected chi connectivity index (χ4v) is 6.69. The Hall–Kier alpha value is -6.65. The van der Waals surface area contributed by atoms with Gasteiger partial charge in [-0.1, -0.05) is 115 Å². The van der Waals surface area contributed by atoms with E-state index in [1.165, 1.54) is 5.39 Å². The molecule has 230 valence electrons. The lowest BCUT2D eigenvalue weighted by Crippen LogP contribution is -1.94. The van der Waals surface area contributed by atoms with Crippen molar-refractivity contribution in [1.82, 2.24) is 19.5 Å². The molecule has 49 heavy (non-hydrogen) atoms. The molecule has 0 aliphatic heterocycles. The number of hydrogen-bond donors (Lipinski definition) is 0. The van der Waals surface area contributed by atoms with E-state index in [4.69, 9.17) is 9.97 Å². The molecule has 5 aromatic carbocycles. The minimum absolute atomic E-state index is 0.840. The zero-order valence-corrected chi connectivity index (χ0v) is 26.6. The first-order chi connectivity index (χ1) is 24.3. The third kappa shape index (κ3) is 5.35. The van der Waals surface area contributed by atoms with Gasteiger partial charge in [-0.05, 0) is 76.9 Å². The van der Waals surface area contributed by atoms with Crippen LogP contribution in [0.15, 0.2) is 182 Å². The maximum Gasteiger partial charge on any atom is 0.0900 e. The van der Waals surface area contributed by atoms with Crippen molar-refractivity contribution in [3.8, 4) is 61.8 Å². The SMILES string of the molecule is c1ccc(-c2cc(-c3ccc(-c4ccc5c(c4)c4cnccc4n5-c4ccccc4)cc3)nc(-c3cccc(-c4ccccc4)n3)c2)cc1.